The molecule has 1 atom stereocenters. The van der Waals surface area contributed by atoms with Crippen molar-refractivity contribution in [2.45, 2.75) is 12.5 Å². The van der Waals surface area contributed by atoms with Crippen LogP contribution in [0.2, 0.25) is 0 Å². The fraction of sp³-hybridized carbons (Fsp3) is 0.250. The molecule has 3 heterocycles. The summed E-state index contributed by atoms with van der Waals surface area (Å²) < 4.78 is 6.55. The largest absolute Gasteiger partial charge is 0.467 e. The number of rotatable bonds is 1. The molecule has 0 amide bonds. The van der Waals surface area contributed by atoms with E-state index < -0.39 is 0 Å². The molecule has 3 rings (SSSR count). The van der Waals surface area contributed by atoms with Crippen molar-refractivity contribution >= 4 is 15.9 Å². The van der Waals surface area contributed by atoms with Gasteiger partial charge in [-0.1, -0.05) is 0 Å². The molecule has 1 aliphatic rings. The van der Waals surface area contributed by atoms with Crippen LogP contribution in [0.4, 0.5) is 0 Å². The Morgan fingerprint density at radius 3 is 3.25 bits per heavy atom. The van der Waals surface area contributed by atoms with Crippen LogP contribution in [0.3, 0.4) is 0 Å². The van der Waals surface area contributed by atoms with Gasteiger partial charge in [-0.25, -0.2) is 0 Å². The molecule has 0 radical (unpaired) electrons. The lowest BCUT2D eigenvalue weighted by atomic mass is 9.98. The summed E-state index contributed by atoms with van der Waals surface area (Å²) in [5.74, 6) is 1.02. The number of hydrogen-bond donors (Lipinski definition) is 1. The highest BCUT2D eigenvalue weighted by Crippen LogP contribution is 2.29. The van der Waals surface area contributed by atoms with Crippen LogP contribution in [0.5, 0.6) is 0 Å². The third-order valence-electron chi connectivity index (χ3n) is 2.85. The Balaban J connectivity index is 2.04. The van der Waals surface area contributed by atoms with Gasteiger partial charge < -0.3 is 9.73 Å². The Morgan fingerprint density at radius 2 is 2.38 bits per heavy atom. The quantitative estimate of drug-likeness (QED) is 0.872. The number of fused-ring (bicyclic) bond motifs is 1. The highest BCUT2D eigenvalue weighted by atomic mass is 79.9. The van der Waals surface area contributed by atoms with Gasteiger partial charge in [0.05, 0.1) is 12.3 Å². The lowest BCUT2D eigenvalue weighted by molar-refractivity contribution is 0.424. The van der Waals surface area contributed by atoms with E-state index in [4.69, 9.17) is 4.42 Å². The zero-order valence-corrected chi connectivity index (χ0v) is 10.2. The number of aromatic nitrogens is 1. The first kappa shape index (κ1) is 10.1. The van der Waals surface area contributed by atoms with Crippen molar-refractivity contribution < 1.29 is 4.42 Å². The molecule has 0 aromatic carbocycles. The average Bonchev–Trinajstić information content (AvgIpc) is 2.76. The molecule has 4 heteroatoms. The molecule has 0 fully saturated rings. The number of halogens is 1. The van der Waals surface area contributed by atoms with Crippen LogP contribution in [0.15, 0.2) is 39.7 Å². The van der Waals surface area contributed by atoms with Gasteiger partial charge in [0.1, 0.15) is 5.76 Å². The average molecular weight is 279 g/mol. The van der Waals surface area contributed by atoms with Crippen LogP contribution in [0, 0.1) is 0 Å². The highest BCUT2D eigenvalue weighted by Gasteiger charge is 2.24. The minimum Gasteiger partial charge on any atom is -0.467 e. The van der Waals surface area contributed by atoms with Gasteiger partial charge in [-0.2, -0.15) is 0 Å². The molecular formula is C12H11BrN2O. The number of nitrogens with one attached hydrogen (secondary N) is 1. The van der Waals surface area contributed by atoms with Gasteiger partial charge in [0.2, 0.25) is 0 Å². The van der Waals surface area contributed by atoms with Crippen molar-refractivity contribution in [3.63, 3.8) is 0 Å². The van der Waals surface area contributed by atoms with Gasteiger partial charge >= 0.3 is 0 Å². The molecule has 82 valence electrons. The Labute approximate surface area is 102 Å². The topological polar surface area (TPSA) is 38.1 Å². The number of furan rings is 1. The van der Waals surface area contributed by atoms with Crippen LogP contribution < -0.4 is 5.32 Å². The van der Waals surface area contributed by atoms with Crippen LogP contribution in [0.25, 0.3) is 0 Å². The van der Waals surface area contributed by atoms with Gasteiger partial charge in [-0.15, -0.1) is 0 Å². The molecule has 0 saturated carbocycles. The van der Waals surface area contributed by atoms with Gasteiger partial charge in [-0.3, -0.25) is 4.98 Å². The molecule has 0 aliphatic carbocycles. The third-order valence-corrected chi connectivity index (χ3v) is 3.28. The van der Waals surface area contributed by atoms with Crippen LogP contribution >= 0.6 is 15.9 Å². The summed E-state index contributed by atoms with van der Waals surface area (Å²) in [4.78, 5) is 4.19. The Kier molecular flexibility index (Phi) is 2.53. The zero-order valence-electron chi connectivity index (χ0n) is 8.61. The Hall–Kier alpha value is -1.13. The minimum absolute atomic E-state index is 0.128. The smallest absolute Gasteiger partial charge is 0.128 e. The van der Waals surface area contributed by atoms with E-state index in [2.05, 4.69) is 38.4 Å². The maximum Gasteiger partial charge on any atom is 0.128 e. The fourth-order valence-electron chi connectivity index (χ4n) is 2.11. The normalized spacial score (nSPS) is 19.4. The van der Waals surface area contributed by atoms with Crippen LogP contribution in [0.1, 0.15) is 22.9 Å². The standard InChI is InChI=1S/C12H11BrN2O/c13-10-5-9(6-14-7-10)11-12-8(1-3-15-11)2-4-16-12/h2,4-7,11,15H,1,3H2. The van der Waals surface area contributed by atoms with Gasteiger partial charge in [0.15, 0.2) is 0 Å². The molecular weight excluding hydrogens is 268 g/mol. The molecule has 16 heavy (non-hydrogen) atoms. The van der Waals surface area contributed by atoms with E-state index in [-0.39, 0.29) is 6.04 Å². The first-order valence-electron chi connectivity index (χ1n) is 5.25. The third kappa shape index (κ3) is 1.68. The predicted molar refractivity (Wildman–Crippen MR) is 64.2 cm³/mol. The Bertz CT molecular complexity index is 509. The monoisotopic (exact) mass is 278 g/mol. The summed E-state index contributed by atoms with van der Waals surface area (Å²) in [6.45, 7) is 0.976. The first-order chi connectivity index (χ1) is 7.84. The van der Waals surface area contributed by atoms with E-state index in [1.165, 1.54) is 5.56 Å². The molecule has 3 nitrogen and oxygen atoms in total. The summed E-state index contributed by atoms with van der Waals surface area (Å²) in [6.07, 6.45) is 6.45. The lowest BCUT2D eigenvalue weighted by Gasteiger charge is -2.22. The van der Waals surface area contributed by atoms with Crippen molar-refractivity contribution in [2.24, 2.45) is 0 Å². The maximum absolute atomic E-state index is 5.56. The van der Waals surface area contributed by atoms with Gasteiger partial charge in [0.25, 0.3) is 0 Å². The molecule has 0 saturated heterocycles. The summed E-state index contributed by atoms with van der Waals surface area (Å²) >= 11 is 3.44. The van der Waals surface area contributed by atoms with E-state index in [1.807, 2.05) is 6.20 Å². The Morgan fingerprint density at radius 1 is 1.44 bits per heavy atom. The van der Waals surface area contributed by atoms with Crippen molar-refractivity contribution in [1.82, 2.24) is 10.3 Å². The van der Waals surface area contributed by atoms with E-state index in [1.54, 1.807) is 12.5 Å². The second-order valence-corrected chi connectivity index (χ2v) is 4.80. The zero-order chi connectivity index (χ0) is 11.0. The van der Waals surface area contributed by atoms with E-state index in [0.717, 1.165) is 28.8 Å². The maximum atomic E-state index is 5.56. The molecule has 1 aliphatic heterocycles. The summed E-state index contributed by atoms with van der Waals surface area (Å²) in [6, 6.07) is 4.25. The molecule has 0 spiro atoms. The second kappa shape index (κ2) is 4.03. The lowest BCUT2D eigenvalue weighted by Crippen LogP contribution is -2.29. The predicted octanol–water partition coefficient (Wildman–Crippen LogP) is 2.67. The van der Waals surface area contributed by atoms with E-state index in [0.29, 0.717) is 0 Å². The van der Waals surface area contributed by atoms with Crippen molar-refractivity contribution in [3.8, 4) is 0 Å². The first-order valence-corrected chi connectivity index (χ1v) is 6.04. The number of pyridine rings is 1. The van der Waals surface area contributed by atoms with Crippen LogP contribution in [-0.4, -0.2) is 11.5 Å². The molecule has 1 N–H and O–H groups in total. The SMILES string of the molecule is Brc1cncc(C2NCCc3ccoc32)c1. The second-order valence-electron chi connectivity index (χ2n) is 3.88. The number of nitrogens with zero attached hydrogens (tertiary/aromatic N) is 1. The van der Waals surface area contributed by atoms with E-state index in [9.17, 15) is 0 Å². The molecule has 0 bridgehead atoms. The molecule has 2 aromatic rings. The van der Waals surface area contributed by atoms with Gasteiger partial charge in [-0.05, 0) is 45.6 Å². The summed E-state index contributed by atoms with van der Waals surface area (Å²) in [5, 5.41) is 3.45. The van der Waals surface area contributed by atoms with E-state index >= 15 is 0 Å². The van der Waals surface area contributed by atoms with Crippen molar-refractivity contribution in [3.05, 3.63) is 52.1 Å². The van der Waals surface area contributed by atoms with Crippen molar-refractivity contribution in [1.29, 1.82) is 0 Å². The van der Waals surface area contributed by atoms with Crippen LogP contribution in [-0.2, 0) is 6.42 Å². The summed E-state index contributed by atoms with van der Waals surface area (Å²) in [7, 11) is 0. The summed E-state index contributed by atoms with van der Waals surface area (Å²) in [5.41, 5.74) is 2.43. The highest BCUT2D eigenvalue weighted by molar-refractivity contribution is 9.10. The minimum atomic E-state index is 0.128. The number of hydrogen-bond acceptors (Lipinski definition) is 3. The molecule has 1 unspecified atom stereocenters. The van der Waals surface area contributed by atoms with Crippen molar-refractivity contribution in [2.75, 3.05) is 6.54 Å². The fourth-order valence-corrected chi connectivity index (χ4v) is 2.49. The molecule has 2 aromatic heterocycles. The van der Waals surface area contributed by atoms with Gasteiger partial charge in [0, 0.05) is 23.4 Å².